The van der Waals surface area contributed by atoms with Crippen LogP contribution < -0.4 is 4.90 Å². The van der Waals surface area contributed by atoms with Gasteiger partial charge in [0, 0.05) is 54.9 Å². The first-order valence-corrected chi connectivity index (χ1v) is 28.0. The van der Waals surface area contributed by atoms with E-state index in [1.165, 1.54) is 128 Å². The van der Waals surface area contributed by atoms with Crippen molar-refractivity contribution in [3.8, 4) is 55.6 Å². The number of fused-ring (bicyclic) bond motifs is 26. The second kappa shape index (κ2) is 15.3. The first kappa shape index (κ1) is 44.9. The number of hydrogen-bond acceptors (Lipinski definition) is 3. The van der Waals surface area contributed by atoms with Crippen LogP contribution >= 0.6 is 0 Å². The van der Waals surface area contributed by atoms with Crippen LogP contribution in [-0.4, -0.2) is 0 Å². The highest BCUT2D eigenvalue weighted by molar-refractivity contribution is 6.22. The molecule has 0 aliphatic heterocycles. The number of aryl methyl sites for hydroxylation is 3. The smallest absolute Gasteiger partial charge is 0.144 e. The zero-order chi connectivity index (χ0) is 53.0. The van der Waals surface area contributed by atoms with Crippen LogP contribution in [0.3, 0.4) is 0 Å². The number of furan rings is 2. The Labute approximate surface area is 460 Å². The maximum Gasteiger partial charge on any atom is 0.144 e. The highest BCUT2D eigenvalue weighted by atomic mass is 16.3. The molecule has 79 heavy (non-hydrogen) atoms. The molecule has 17 rings (SSSR count). The molecule has 0 bridgehead atoms. The lowest BCUT2D eigenvalue weighted by Crippen LogP contribution is -2.26. The standard InChI is InChI=1S/C76H55NO2/c1-42-37-43(2)71(44(3)38-42)77(46-33-35-51-59(39-46)75(6,7)69-65(51)67-54-27-15-20-32-63(54)79-73(67)68-50-25-13-16-28-56(50)74(4,5)70(68)69)47-34-36-52-60(40-47)76(57-29-17-11-23-48(57)49-24-12-18-30-58(49)76)61-41-55(45-21-9-8-10-22-45)72-66(64(52)61)53-26-14-19-31-62(53)78-72/h8-41H,1-7H3. The van der Waals surface area contributed by atoms with Crippen molar-refractivity contribution in [3.63, 3.8) is 0 Å². The Hall–Kier alpha value is -9.18. The predicted octanol–water partition coefficient (Wildman–Crippen LogP) is 20.5. The van der Waals surface area contributed by atoms with Crippen molar-refractivity contribution in [2.75, 3.05) is 4.90 Å². The lowest BCUT2D eigenvalue weighted by molar-refractivity contribution is 0.600. The van der Waals surface area contributed by atoms with Gasteiger partial charge in [0.2, 0.25) is 0 Å². The minimum Gasteiger partial charge on any atom is -0.455 e. The van der Waals surface area contributed by atoms with E-state index >= 15 is 0 Å². The van der Waals surface area contributed by atoms with Crippen molar-refractivity contribution < 1.29 is 8.83 Å². The Balaban J connectivity index is 0.957. The summed E-state index contributed by atoms with van der Waals surface area (Å²) < 4.78 is 14.1. The monoisotopic (exact) mass is 1010 g/mol. The molecule has 0 atom stereocenters. The average Bonchev–Trinajstić information content (AvgIpc) is 1.89. The van der Waals surface area contributed by atoms with E-state index in [-0.39, 0.29) is 10.8 Å². The maximum atomic E-state index is 7.07. The summed E-state index contributed by atoms with van der Waals surface area (Å²) in [6, 6.07) is 77.4. The van der Waals surface area contributed by atoms with Crippen LogP contribution in [0.5, 0.6) is 0 Å². The molecule has 4 aliphatic rings. The molecule has 11 aromatic carbocycles. The van der Waals surface area contributed by atoms with E-state index < -0.39 is 5.41 Å². The van der Waals surface area contributed by atoms with Gasteiger partial charge in [0.05, 0.1) is 11.1 Å². The summed E-state index contributed by atoms with van der Waals surface area (Å²) in [4.78, 5) is 2.58. The van der Waals surface area contributed by atoms with Gasteiger partial charge < -0.3 is 13.7 Å². The molecule has 376 valence electrons. The van der Waals surface area contributed by atoms with Gasteiger partial charge in [0.25, 0.3) is 0 Å². The molecule has 0 saturated heterocycles. The van der Waals surface area contributed by atoms with Crippen molar-refractivity contribution in [2.24, 2.45) is 0 Å². The number of para-hydroxylation sites is 2. The number of rotatable bonds is 4. The molecule has 0 N–H and O–H groups in total. The Morgan fingerprint density at radius 1 is 0.354 bits per heavy atom. The van der Waals surface area contributed by atoms with E-state index in [1.807, 2.05) is 0 Å². The van der Waals surface area contributed by atoms with E-state index in [0.29, 0.717) is 0 Å². The normalized spacial score (nSPS) is 15.1. The van der Waals surface area contributed by atoms with E-state index in [4.69, 9.17) is 8.83 Å². The second-order valence-corrected chi connectivity index (χ2v) is 24.0. The molecule has 0 amide bonds. The van der Waals surface area contributed by atoms with Crippen molar-refractivity contribution in [2.45, 2.75) is 64.7 Å². The third kappa shape index (κ3) is 5.53. The lowest BCUT2D eigenvalue weighted by Gasteiger charge is -2.34. The van der Waals surface area contributed by atoms with Gasteiger partial charge >= 0.3 is 0 Å². The van der Waals surface area contributed by atoms with Crippen molar-refractivity contribution >= 4 is 60.9 Å². The fraction of sp³-hybridized carbons (Fsp3) is 0.132. The van der Waals surface area contributed by atoms with Crippen molar-refractivity contribution in [3.05, 3.63) is 267 Å². The van der Waals surface area contributed by atoms with Crippen LogP contribution in [0.25, 0.3) is 99.5 Å². The molecule has 2 aromatic heterocycles. The third-order valence-corrected chi connectivity index (χ3v) is 19.0. The first-order valence-electron chi connectivity index (χ1n) is 28.0. The summed E-state index contributed by atoms with van der Waals surface area (Å²) in [5, 5.41) is 4.68. The van der Waals surface area contributed by atoms with E-state index in [9.17, 15) is 0 Å². The molecule has 4 aliphatic carbocycles. The zero-order valence-electron chi connectivity index (χ0n) is 45.4. The van der Waals surface area contributed by atoms with Gasteiger partial charge in [0.15, 0.2) is 0 Å². The summed E-state index contributed by atoms with van der Waals surface area (Å²) >= 11 is 0. The van der Waals surface area contributed by atoms with E-state index in [1.54, 1.807) is 0 Å². The molecule has 0 fully saturated rings. The lowest BCUT2D eigenvalue weighted by atomic mass is 9.70. The fourth-order valence-corrected chi connectivity index (χ4v) is 16.1. The minimum atomic E-state index is -0.641. The molecule has 3 heteroatoms. The van der Waals surface area contributed by atoms with Crippen LogP contribution in [0.15, 0.2) is 215 Å². The number of benzene rings is 11. The molecule has 0 unspecified atom stereocenters. The Bertz CT molecular complexity index is 4810. The Morgan fingerprint density at radius 3 is 1.48 bits per heavy atom. The summed E-state index contributed by atoms with van der Waals surface area (Å²) in [6.07, 6.45) is 0. The minimum absolute atomic E-state index is 0.251. The number of hydrogen-bond donors (Lipinski definition) is 0. The van der Waals surface area contributed by atoms with Gasteiger partial charge in [0.1, 0.15) is 22.3 Å². The third-order valence-electron chi connectivity index (χ3n) is 19.0. The largest absolute Gasteiger partial charge is 0.455 e. The van der Waals surface area contributed by atoms with Gasteiger partial charge in [-0.05, 0) is 163 Å². The van der Waals surface area contributed by atoms with Gasteiger partial charge in [-0.25, -0.2) is 0 Å². The zero-order valence-corrected chi connectivity index (χ0v) is 45.4. The molecule has 13 aromatic rings. The van der Waals surface area contributed by atoms with Gasteiger partial charge in [-0.2, -0.15) is 0 Å². The predicted molar refractivity (Wildman–Crippen MR) is 327 cm³/mol. The van der Waals surface area contributed by atoms with Gasteiger partial charge in [-0.3, -0.25) is 0 Å². The topological polar surface area (TPSA) is 29.5 Å². The van der Waals surface area contributed by atoms with E-state index in [2.05, 4.69) is 260 Å². The highest BCUT2D eigenvalue weighted by Crippen LogP contribution is 2.67. The second-order valence-electron chi connectivity index (χ2n) is 24.0. The quantitative estimate of drug-likeness (QED) is 0.176. The van der Waals surface area contributed by atoms with Crippen molar-refractivity contribution in [1.29, 1.82) is 0 Å². The van der Waals surface area contributed by atoms with Crippen LogP contribution in [0, 0.1) is 20.8 Å². The molecule has 0 saturated carbocycles. The molecular formula is C76H55NO2. The van der Waals surface area contributed by atoms with E-state index in [0.717, 1.165) is 50.2 Å². The van der Waals surface area contributed by atoms with Crippen LogP contribution in [-0.2, 0) is 16.2 Å². The first-order chi connectivity index (χ1) is 38.5. The average molecular weight is 1010 g/mol. The Kier molecular flexibility index (Phi) is 8.70. The highest BCUT2D eigenvalue weighted by Gasteiger charge is 2.54. The summed E-state index contributed by atoms with van der Waals surface area (Å²) in [7, 11) is 0. The van der Waals surface area contributed by atoms with Crippen LogP contribution in [0.4, 0.5) is 17.1 Å². The summed E-state index contributed by atoms with van der Waals surface area (Å²) in [6.45, 7) is 16.6. The summed E-state index contributed by atoms with van der Waals surface area (Å²) in [5.74, 6) is 0. The van der Waals surface area contributed by atoms with Gasteiger partial charge in [-0.1, -0.05) is 197 Å². The van der Waals surface area contributed by atoms with Gasteiger partial charge in [-0.15, -0.1) is 0 Å². The molecule has 0 radical (unpaired) electrons. The molecular weight excluding hydrogens is 959 g/mol. The molecule has 1 spiro atoms. The Morgan fingerprint density at radius 2 is 0.835 bits per heavy atom. The maximum absolute atomic E-state index is 7.07. The van der Waals surface area contributed by atoms with Crippen LogP contribution in [0.1, 0.15) is 88.9 Å². The van der Waals surface area contributed by atoms with Crippen LogP contribution in [0.2, 0.25) is 0 Å². The molecule has 2 heterocycles. The molecule has 3 nitrogen and oxygen atoms in total. The number of nitrogens with zero attached hydrogens (tertiary/aromatic N) is 1. The van der Waals surface area contributed by atoms with Crippen molar-refractivity contribution in [1.82, 2.24) is 0 Å². The summed E-state index contributed by atoms with van der Waals surface area (Å²) in [5.41, 5.74) is 32.7. The fourth-order valence-electron chi connectivity index (χ4n) is 16.1. The number of anilines is 3. The SMILES string of the molecule is Cc1cc(C)c(N(c2ccc3c(c2)C(C)(C)c2c4c(c5oc6ccccc6c5c2-3)-c2ccccc2C4(C)C)c2ccc3c(c2)C2(c4ccccc4-c4ccccc42)c2cc(-c4ccccc4)c4oc5ccccc5c4c2-3)c(C)c1.